The lowest BCUT2D eigenvalue weighted by atomic mass is 10.0. The highest BCUT2D eigenvalue weighted by Crippen LogP contribution is 2.25. The fourth-order valence-corrected chi connectivity index (χ4v) is 4.12. The molecule has 6 heteroatoms. The van der Waals surface area contributed by atoms with E-state index in [0.717, 1.165) is 30.6 Å². The molecule has 0 radical (unpaired) electrons. The molecule has 2 heterocycles. The van der Waals surface area contributed by atoms with Gasteiger partial charge in [-0.2, -0.15) is 0 Å². The molecule has 2 aliphatic rings. The number of aliphatic hydroxyl groups is 1. The first-order valence-electron chi connectivity index (χ1n) is 9.76. The number of halogens is 1. The first-order valence-corrected chi connectivity index (χ1v) is 9.76. The van der Waals surface area contributed by atoms with Gasteiger partial charge in [-0.15, -0.1) is 0 Å². The second-order valence-corrected chi connectivity index (χ2v) is 7.57. The van der Waals surface area contributed by atoms with Crippen molar-refractivity contribution in [1.29, 1.82) is 0 Å². The number of nitrogens with zero attached hydrogens (tertiary/aromatic N) is 1. The summed E-state index contributed by atoms with van der Waals surface area (Å²) in [4.78, 5) is 15.0. The predicted molar refractivity (Wildman–Crippen MR) is 105 cm³/mol. The van der Waals surface area contributed by atoms with E-state index in [4.69, 9.17) is 9.84 Å². The minimum Gasteiger partial charge on any atom is -0.396 e. The zero-order chi connectivity index (χ0) is 19.5. The summed E-state index contributed by atoms with van der Waals surface area (Å²) in [5, 5.41) is 12.2. The lowest BCUT2D eigenvalue weighted by molar-refractivity contribution is -0.0566. The predicted octanol–water partition coefficient (Wildman–Crippen LogP) is 2.45. The lowest BCUT2D eigenvalue weighted by Crippen LogP contribution is -2.46. The first-order chi connectivity index (χ1) is 13.6. The fraction of sp³-hybridized carbons (Fsp3) is 0.409. The van der Waals surface area contributed by atoms with Crippen molar-refractivity contribution < 1.29 is 19.0 Å². The molecule has 1 amide bonds. The average molecular weight is 384 g/mol. The Bertz CT molecular complexity index is 827. The van der Waals surface area contributed by atoms with Gasteiger partial charge in [0.1, 0.15) is 5.82 Å². The van der Waals surface area contributed by atoms with E-state index in [2.05, 4.69) is 10.2 Å². The van der Waals surface area contributed by atoms with Gasteiger partial charge in [0, 0.05) is 37.3 Å². The Morgan fingerprint density at radius 2 is 2.00 bits per heavy atom. The third-order valence-electron chi connectivity index (χ3n) is 5.58. The molecule has 2 saturated heterocycles. The van der Waals surface area contributed by atoms with E-state index in [-0.39, 0.29) is 30.5 Å². The lowest BCUT2D eigenvalue weighted by Gasteiger charge is -2.34. The van der Waals surface area contributed by atoms with E-state index in [0.29, 0.717) is 24.6 Å². The first kappa shape index (κ1) is 19.1. The molecule has 4 rings (SSSR count). The van der Waals surface area contributed by atoms with Crippen LogP contribution in [0.2, 0.25) is 0 Å². The number of benzene rings is 2. The minimum atomic E-state index is -0.276. The van der Waals surface area contributed by atoms with Crippen LogP contribution in [0.15, 0.2) is 48.5 Å². The van der Waals surface area contributed by atoms with Gasteiger partial charge in [-0.05, 0) is 48.2 Å². The zero-order valence-corrected chi connectivity index (χ0v) is 15.7. The number of fused-ring (bicyclic) bond motifs is 1. The maximum Gasteiger partial charge on any atom is 0.251 e. The molecule has 0 unspecified atom stereocenters. The monoisotopic (exact) mass is 384 g/mol. The molecule has 2 aliphatic heterocycles. The van der Waals surface area contributed by atoms with Crippen LogP contribution in [0.1, 0.15) is 23.2 Å². The van der Waals surface area contributed by atoms with Crippen LogP contribution in [0.25, 0.3) is 11.1 Å². The number of hydrogen-bond donors (Lipinski definition) is 2. The van der Waals surface area contributed by atoms with Crippen LogP contribution >= 0.6 is 0 Å². The van der Waals surface area contributed by atoms with E-state index in [1.165, 1.54) is 12.1 Å². The smallest absolute Gasteiger partial charge is 0.251 e. The topological polar surface area (TPSA) is 61.8 Å². The number of rotatable bonds is 5. The van der Waals surface area contributed by atoms with E-state index in [1.807, 2.05) is 18.2 Å². The molecule has 0 aliphatic carbocycles. The number of carbonyl (C=O) groups is 1. The summed E-state index contributed by atoms with van der Waals surface area (Å²) in [6.07, 6.45) is 1.60. The summed E-state index contributed by atoms with van der Waals surface area (Å²) in [6, 6.07) is 14.1. The van der Waals surface area contributed by atoms with Gasteiger partial charge in [0.25, 0.3) is 5.91 Å². The highest BCUT2D eigenvalue weighted by molar-refractivity contribution is 5.94. The van der Waals surface area contributed by atoms with Crippen LogP contribution in [0.5, 0.6) is 0 Å². The number of hydrogen-bond acceptors (Lipinski definition) is 4. The van der Waals surface area contributed by atoms with Gasteiger partial charge in [-0.25, -0.2) is 4.39 Å². The second-order valence-electron chi connectivity index (χ2n) is 7.57. The molecule has 28 heavy (non-hydrogen) atoms. The van der Waals surface area contributed by atoms with Gasteiger partial charge < -0.3 is 15.2 Å². The zero-order valence-electron chi connectivity index (χ0n) is 15.7. The van der Waals surface area contributed by atoms with Gasteiger partial charge in [-0.3, -0.25) is 9.69 Å². The van der Waals surface area contributed by atoms with E-state index in [1.54, 1.807) is 18.2 Å². The summed E-state index contributed by atoms with van der Waals surface area (Å²) in [5.41, 5.74) is 2.26. The molecule has 2 fully saturated rings. The van der Waals surface area contributed by atoms with Crippen LogP contribution < -0.4 is 5.32 Å². The van der Waals surface area contributed by atoms with Gasteiger partial charge in [0.2, 0.25) is 0 Å². The Balaban J connectivity index is 1.35. The summed E-state index contributed by atoms with van der Waals surface area (Å²) >= 11 is 0. The van der Waals surface area contributed by atoms with Crippen molar-refractivity contribution in [1.82, 2.24) is 10.2 Å². The van der Waals surface area contributed by atoms with Crippen molar-refractivity contribution in [2.24, 2.45) is 0 Å². The Hall–Kier alpha value is -2.28. The Morgan fingerprint density at radius 1 is 1.18 bits per heavy atom. The summed E-state index contributed by atoms with van der Waals surface area (Å²) in [5.74, 6) is -0.370. The van der Waals surface area contributed by atoms with Gasteiger partial charge >= 0.3 is 0 Å². The Morgan fingerprint density at radius 3 is 2.75 bits per heavy atom. The largest absolute Gasteiger partial charge is 0.396 e. The highest BCUT2D eigenvalue weighted by atomic mass is 19.1. The van der Waals surface area contributed by atoms with E-state index >= 15 is 0 Å². The van der Waals surface area contributed by atoms with Crippen molar-refractivity contribution >= 4 is 5.91 Å². The summed E-state index contributed by atoms with van der Waals surface area (Å²) in [7, 11) is 0. The highest BCUT2D eigenvalue weighted by Gasteiger charge is 2.37. The molecule has 5 nitrogen and oxygen atoms in total. The van der Waals surface area contributed by atoms with Crippen molar-refractivity contribution in [2.45, 2.75) is 31.0 Å². The number of ether oxygens (including phenoxy) is 1. The standard InChI is InChI=1S/C22H25FN2O3/c23-18-3-1-2-17(10-18)15-4-6-16(7-5-15)22(27)24-19-11-20-14-28-21(8-9-26)13-25(20)12-19/h1-7,10,19-21,26H,8-9,11-14H2,(H,24,27)/t19-,20-,21-/m0/s1. The van der Waals surface area contributed by atoms with Crippen LogP contribution in [-0.4, -0.2) is 60.4 Å². The third kappa shape index (κ3) is 4.24. The SMILES string of the molecule is O=C(N[C@H]1C[C@H]2CO[C@@H](CCO)CN2C1)c1ccc(-c2cccc(F)c2)cc1. The van der Waals surface area contributed by atoms with Crippen LogP contribution in [0.4, 0.5) is 4.39 Å². The molecule has 2 N–H and O–H groups in total. The van der Waals surface area contributed by atoms with Crippen molar-refractivity contribution in [2.75, 3.05) is 26.3 Å². The molecule has 0 spiro atoms. The van der Waals surface area contributed by atoms with Gasteiger partial charge in [-0.1, -0.05) is 24.3 Å². The maximum atomic E-state index is 13.4. The van der Waals surface area contributed by atoms with E-state index in [9.17, 15) is 9.18 Å². The molecule has 148 valence electrons. The van der Waals surface area contributed by atoms with Crippen molar-refractivity contribution in [3.8, 4) is 11.1 Å². The third-order valence-corrected chi connectivity index (χ3v) is 5.58. The fourth-order valence-electron chi connectivity index (χ4n) is 4.12. The summed E-state index contributed by atoms with van der Waals surface area (Å²) < 4.78 is 19.2. The Kier molecular flexibility index (Phi) is 5.71. The van der Waals surface area contributed by atoms with Gasteiger partial charge in [0.15, 0.2) is 0 Å². The summed E-state index contributed by atoms with van der Waals surface area (Å²) in [6.45, 7) is 2.40. The van der Waals surface area contributed by atoms with Crippen LogP contribution in [0.3, 0.4) is 0 Å². The molecular weight excluding hydrogens is 359 g/mol. The molecular formula is C22H25FN2O3. The molecule has 2 aromatic rings. The van der Waals surface area contributed by atoms with E-state index < -0.39 is 0 Å². The normalized spacial score (nSPS) is 24.7. The number of nitrogens with one attached hydrogen (secondary N) is 1. The molecule has 0 aromatic heterocycles. The van der Waals surface area contributed by atoms with Crippen LogP contribution in [-0.2, 0) is 4.74 Å². The van der Waals surface area contributed by atoms with Gasteiger partial charge in [0.05, 0.1) is 12.7 Å². The number of aliphatic hydroxyl groups excluding tert-OH is 1. The average Bonchev–Trinajstić information content (AvgIpc) is 3.10. The number of morpholine rings is 1. The minimum absolute atomic E-state index is 0.0751. The second kappa shape index (κ2) is 8.39. The molecule has 0 bridgehead atoms. The quantitative estimate of drug-likeness (QED) is 0.831. The number of amides is 1. The molecule has 0 saturated carbocycles. The molecule has 2 aromatic carbocycles. The maximum absolute atomic E-state index is 13.4. The van der Waals surface area contributed by atoms with Crippen molar-refractivity contribution in [3.05, 3.63) is 59.9 Å². The number of carbonyl (C=O) groups excluding carboxylic acids is 1. The van der Waals surface area contributed by atoms with Crippen LogP contribution in [0, 0.1) is 5.82 Å². The molecule has 3 atom stereocenters. The Labute approximate surface area is 164 Å². The van der Waals surface area contributed by atoms with Crippen molar-refractivity contribution in [3.63, 3.8) is 0 Å².